The van der Waals surface area contributed by atoms with Crippen LogP contribution in [0.5, 0.6) is 0 Å². The maximum Gasteiger partial charge on any atom is 0.276 e. The first kappa shape index (κ1) is 16.1. The Morgan fingerprint density at radius 1 is 1.22 bits per heavy atom. The molecular weight excluding hydrogens is 284 g/mol. The van der Waals surface area contributed by atoms with E-state index in [1.54, 1.807) is 0 Å². The van der Waals surface area contributed by atoms with Crippen molar-refractivity contribution in [1.82, 2.24) is 0 Å². The van der Waals surface area contributed by atoms with E-state index in [-0.39, 0.29) is 34.7 Å². The summed E-state index contributed by atoms with van der Waals surface area (Å²) in [7, 11) is 0. The zero-order valence-electron chi connectivity index (χ0n) is 8.86. The van der Waals surface area contributed by atoms with Crippen LogP contribution in [0.25, 0.3) is 0 Å². The number of hydrogen-bond acceptors (Lipinski definition) is 6. The van der Waals surface area contributed by atoms with Crippen molar-refractivity contribution in [2.75, 3.05) is 0 Å². The molecule has 1 aromatic carbocycles. The van der Waals surface area contributed by atoms with Gasteiger partial charge in [0.1, 0.15) is 0 Å². The number of benzene rings is 1. The molecule has 0 fully saturated rings. The monoisotopic (exact) mass is 292 g/mol. The van der Waals surface area contributed by atoms with Crippen molar-refractivity contribution in [2.24, 2.45) is 5.73 Å². The molecule has 10 heteroatoms. The Morgan fingerprint density at radius 2 is 1.67 bits per heavy atom. The number of halogens is 1. The van der Waals surface area contributed by atoms with Gasteiger partial charge in [-0.25, -0.2) is 0 Å². The standard InChI is InChI=1S/C8H8N4O4S.ClH/c9-8(10)17-4-5-1-6(11(13)14)3-7(2-5)12(15)16;/h1-3H,4H2,(H3,9,10);1H. The third-order valence-corrected chi connectivity index (χ3v) is 2.57. The van der Waals surface area contributed by atoms with Gasteiger partial charge in [0.2, 0.25) is 0 Å². The molecule has 0 amide bonds. The number of amidine groups is 1. The van der Waals surface area contributed by atoms with Crippen LogP contribution in [0.15, 0.2) is 18.2 Å². The first-order valence-corrected chi connectivity index (χ1v) is 5.28. The molecule has 0 atom stereocenters. The lowest BCUT2D eigenvalue weighted by molar-refractivity contribution is -0.394. The summed E-state index contributed by atoms with van der Waals surface area (Å²) >= 11 is 0.941. The SMILES string of the molecule is Cl.N=C(N)SCc1cc([N+](=O)[O-])cc([N+](=O)[O-])c1. The predicted molar refractivity (Wildman–Crippen MR) is 70.2 cm³/mol. The van der Waals surface area contributed by atoms with E-state index in [2.05, 4.69) is 0 Å². The molecule has 0 aliphatic carbocycles. The minimum Gasteiger partial charge on any atom is -0.379 e. The van der Waals surface area contributed by atoms with Crippen LogP contribution in [0.4, 0.5) is 11.4 Å². The molecule has 1 rings (SSSR count). The number of thioether (sulfide) groups is 1. The predicted octanol–water partition coefficient (Wildman–Crippen LogP) is 2.05. The summed E-state index contributed by atoms with van der Waals surface area (Å²) < 4.78 is 0. The number of nitrogens with two attached hydrogens (primary N) is 1. The molecule has 1 aromatic rings. The molecule has 0 heterocycles. The minimum absolute atomic E-state index is 0. The Balaban J connectivity index is 0.00000289. The second-order valence-corrected chi connectivity index (χ2v) is 4.04. The number of nitrogens with zero attached hydrogens (tertiary/aromatic N) is 2. The number of nitro groups is 2. The highest BCUT2D eigenvalue weighted by atomic mass is 35.5. The average Bonchev–Trinajstić information content (AvgIpc) is 2.25. The van der Waals surface area contributed by atoms with E-state index >= 15 is 0 Å². The largest absolute Gasteiger partial charge is 0.379 e. The molecule has 3 N–H and O–H groups in total. The molecule has 0 aromatic heterocycles. The van der Waals surface area contributed by atoms with Crippen LogP contribution in [0.3, 0.4) is 0 Å². The molecule has 0 aliphatic heterocycles. The third-order valence-electron chi connectivity index (χ3n) is 1.78. The van der Waals surface area contributed by atoms with Crippen molar-refractivity contribution in [3.05, 3.63) is 44.0 Å². The number of rotatable bonds is 4. The zero-order chi connectivity index (χ0) is 13.0. The molecule has 18 heavy (non-hydrogen) atoms. The fraction of sp³-hybridized carbons (Fsp3) is 0.125. The summed E-state index contributed by atoms with van der Waals surface area (Å²) in [6.45, 7) is 0. The van der Waals surface area contributed by atoms with Gasteiger partial charge in [-0.05, 0) is 5.56 Å². The lowest BCUT2D eigenvalue weighted by atomic mass is 10.2. The number of non-ortho nitro benzene ring substituents is 2. The van der Waals surface area contributed by atoms with Gasteiger partial charge in [0.05, 0.1) is 15.9 Å². The van der Waals surface area contributed by atoms with Crippen molar-refractivity contribution in [3.63, 3.8) is 0 Å². The van der Waals surface area contributed by atoms with Crippen LogP contribution in [-0.4, -0.2) is 15.0 Å². The summed E-state index contributed by atoms with van der Waals surface area (Å²) in [4.78, 5) is 19.8. The molecule has 0 radical (unpaired) electrons. The maximum absolute atomic E-state index is 10.6. The summed E-state index contributed by atoms with van der Waals surface area (Å²) in [6, 6.07) is 3.34. The molecule has 0 aliphatic rings. The van der Waals surface area contributed by atoms with Crippen molar-refractivity contribution in [1.29, 1.82) is 5.41 Å². The van der Waals surface area contributed by atoms with Crippen molar-refractivity contribution < 1.29 is 9.85 Å². The van der Waals surface area contributed by atoms with Gasteiger partial charge in [0.25, 0.3) is 11.4 Å². The third kappa shape index (κ3) is 4.55. The lowest BCUT2D eigenvalue weighted by Crippen LogP contribution is -2.04. The highest BCUT2D eigenvalue weighted by Gasteiger charge is 2.16. The maximum atomic E-state index is 10.6. The summed E-state index contributed by atoms with van der Waals surface area (Å²) in [5.41, 5.74) is 4.80. The molecule has 0 saturated carbocycles. The number of nitro benzene ring substituents is 2. The smallest absolute Gasteiger partial charge is 0.276 e. The summed E-state index contributed by atoms with van der Waals surface area (Å²) in [6.07, 6.45) is 0. The van der Waals surface area contributed by atoms with Gasteiger partial charge < -0.3 is 5.73 Å². The second-order valence-electron chi connectivity index (χ2n) is 3.02. The first-order valence-electron chi connectivity index (χ1n) is 4.29. The van der Waals surface area contributed by atoms with Crippen LogP contribution in [0.2, 0.25) is 0 Å². The quantitative estimate of drug-likeness (QED) is 0.377. The van der Waals surface area contributed by atoms with E-state index in [0.717, 1.165) is 17.8 Å². The molecule has 0 unspecified atom stereocenters. The first-order chi connectivity index (χ1) is 7.90. The Bertz CT molecular complexity index is 464. The van der Waals surface area contributed by atoms with Gasteiger partial charge in [0.15, 0.2) is 5.17 Å². The fourth-order valence-corrected chi connectivity index (χ4v) is 1.60. The van der Waals surface area contributed by atoms with Gasteiger partial charge >= 0.3 is 0 Å². The Hall–Kier alpha value is -1.87. The highest BCUT2D eigenvalue weighted by Crippen LogP contribution is 2.25. The van der Waals surface area contributed by atoms with Crippen molar-refractivity contribution >= 4 is 40.7 Å². The van der Waals surface area contributed by atoms with Crippen molar-refractivity contribution in [2.45, 2.75) is 5.75 Å². The van der Waals surface area contributed by atoms with Crippen LogP contribution in [0.1, 0.15) is 5.56 Å². The van der Waals surface area contributed by atoms with Gasteiger partial charge in [-0.2, -0.15) is 0 Å². The molecule has 0 bridgehead atoms. The van der Waals surface area contributed by atoms with Gasteiger partial charge in [-0.1, -0.05) is 11.8 Å². The lowest BCUT2D eigenvalue weighted by Gasteiger charge is -2.00. The van der Waals surface area contributed by atoms with Crippen molar-refractivity contribution in [3.8, 4) is 0 Å². The van der Waals surface area contributed by atoms with Gasteiger partial charge in [0, 0.05) is 17.9 Å². The van der Waals surface area contributed by atoms with Crippen LogP contribution in [0, 0.1) is 25.6 Å². The van der Waals surface area contributed by atoms with E-state index in [1.807, 2.05) is 0 Å². The Morgan fingerprint density at radius 3 is 2.00 bits per heavy atom. The highest BCUT2D eigenvalue weighted by molar-refractivity contribution is 8.13. The van der Waals surface area contributed by atoms with E-state index in [9.17, 15) is 20.2 Å². The van der Waals surface area contributed by atoms with E-state index in [4.69, 9.17) is 11.1 Å². The number of hydrogen-bond donors (Lipinski definition) is 2. The summed E-state index contributed by atoms with van der Waals surface area (Å²) in [5.74, 6) is 0.178. The van der Waals surface area contributed by atoms with E-state index in [1.165, 1.54) is 12.1 Å². The van der Waals surface area contributed by atoms with Gasteiger partial charge in [-0.15, -0.1) is 12.4 Å². The molecule has 98 valence electrons. The van der Waals surface area contributed by atoms with Crippen LogP contribution >= 0.6 is 24.2 Å². The molecule has 0 saturated heterocycles. The number of nitrogens with one attached hydrogen (secondary N) is 1. The Kier molecular flexibility index (Phi) is 6.06. The fourth-order valence-electron chi connectivity index (χ4n) is 1.11. The van der Waals surface area contributed by atoms with Crippen LogP contribution < -0.4 is 5.73 Å². The molecular formula is C8H9ClN4O4S. The van der Waals surface area contributed by atoms with Crippen LogP contribution in [-0.2, 0) is 5.75 Å². The van der Waals surface area contributed by atoms with E-state index in [0.29, 0.717) is 5.56 Å². The summed E-state index contributed by atoms with van der Waals surface area (Å²) in [5, 5.41) is 28.0. The second kappa shape index (κ2) is 6.77. The molecule has 0 spiro atoms. The van der Waals surface area contributed by atoms with E-state index < -0.39 is 9.85 Å². The topological polar surface area (TPSA) is 136 Å². The molecule has 8 nitrogen and oxygen atoms in total. The Labute approximate surface area is 112 Å². The normalized spacial score (nSPS) is 9.33. The zero-order valence-corrected chi connectivity index (χ0v) is 10.5. The minimum atomic E-state index is -0.699. The average molecular weight is 293 g/mol. The van der Waals surface area contributed by atoms with Gasteiger partial charge in [-0.3, -0.25) is 25.6 Å².